The quantitative estimate of drug-likeness (QED) is 0.657. The number of unbranched alkanes of at least 4 members (excludes halogenated alkanes) is 3. The van der Waals surface area contributed by atoms with Crippen LogP contribution in [0, 0.1) is 6.92 Å². The van der Waals surface area contributed by atoms with Gasteiger partial charge in [-0.25, -0.2) is 0 Å². The Morgan fingerprint density at radius 2 is 1.62 bits per heavy atom. The SMILES string of the molecule is CCNCCCCCCc1ccc(C)cc1. The molecule has 0 saturated carbocycles. The van der Waals surface area contributed by atoms with E-state index in [1.165, 1.54) is 49.8 Å². The van der Waals surface area contributed by atoms with E-state index in [1.807, 2.05) is 0 Å². The first-order valence-corrected chi connectivity index (χ1v) is 6.59. The predicted octanol–water partition coefficient (Wildman–Crippen LogP) is 3.71. The second-order valence-electron chi connectivity index (χ2n) is 4.50. The highest BCUT2D eigenvalue weighted by molar-refractivity contribution is 5.21. The zero-order valence-corrected chi connectivity index (χ0v) is 10.8. The van der Waals surface area contributed by atoms with Crippen LogP contribution in [0.3, 0.4) is 0 Å². The number of rotatable bonds is 8. The van der Waals surface area contributed by atoms with E-state index in [4.69, 9.17) is 0 Å². The first-order chi connectivity index (χ1) is 7.83. The maximum atomic E-state index is 3.36. The van der Waals surface area contributed by atoms with Crippen LogP contribution in [0.1, 0.15) is 43.7 Å². The zero-order valence-electron chi connectivity index (χ0n) is 10.8. The lowest BCUT2D eigenvalue weighted by Crippen LogP contribution is -2.13. The molecule has 0 spiro atoms. The Labute approximate surface area is 100 Å². The summed E-state index contributed by atoms with van der Waals surface area (Å²) in [5, 5.41) is 3.36. The Balaban J connectivity index is 2.01. The largest absolute Gasteiger partial charge is 0.317 e. The summed E-state index contributed by atoms with van der Waals surface area (Å²) >= 11 is 0. The van der Waals surface area contributed by atoms with Crippen LogP contribution in [0.4, 0.5) is 0 Å². The predicted molar refractivity (Wildman–Crippen MR) is 71.9 cm³/mol. The summed E-state index contributed by atoms with van der Waals surface area (Å²) in [6.07, 6.45) is 6.61. The van der Waals surface area contributed by atoms with Crippen LogP contribution in [0.25, 0.3) is 0 Å². The van der Waals surface area contributed by atoms with Gasteiger partial charge in [0.05, 0.1) is 0 Å². The summed E-state index contributed by atoms with van der Waals surface area (Å²) in [7, 11) is 0. The highest BCUT2D eigenvalue weighted by Crippen LogP contribution is 2.08. The third kappa shape index (κ3) is 5.92. The fourth-order valence-corrected chi connectivity index (χ4v) is 1.86. The second-order valence-corrected chi connectivity index (χ2v) is 4.50. The van der Waals surface area contributed by atoms with Crippen LogP contribution in [-0.4, -0.2) is 13.1 Å². The van der Waals surface area contributed by atoms with E-state index < -0.39 is 0 Å². The van der Waals surface area contributed by atoms with E-state index in [0.717, 1.165) is 6.54 Å². The Morgan fingerprint density at radius 1 is 0.938 bits per heavy atom. The van der Waals surface area contributed by atoms with E-state index in [1.54, 1.807) is 0 Å². The lowest BCUT2D eigenvalue weighted by molar-refractivity contribution is 0.598. The Hall–Kier alpha value is -0.820. The van der Waals surface area contributed by atoms with Crippen molar-refractivity contribution in [2.45, 2.75) is 46.0 Å². The van der Waals surface area contributed by atoms with Crippen LogP contribution >= 0.6 is 0 Å². The summed E-state index contributed by atoms with van der Waals surface area (Å²) in [6, 6.07) is 8.93. The first-order valence-electron chi connectivity index (χ1n) is 6.59. The molecule has 1 heteroatoms. The molecule has 1 N–H and O–H groups in total. The van der Waals surface area contributed by atoms with Gasteiger partial charge in [0.2, 0.25) is 0 Å². The van der Waals surface area contributed by atoms with Gasteiger partial charge in [0.15, 0.2) is 0 Å². The van der Waals surface area contributed by atoms with Crippen molar-refractivity contribution in [3.63, 3.8) is 0 Å². The van der Waals surface area contributed by atoms with E-state index in [0.29, 0.717) is 0 Å². The number of hydrogen-bond donors (Lipinski definition) is 1. The van der Waals surface area contributed by atoms with Crippen molar-refractivity contribution in [1.29, 1.82) is 0 Å². The molecule has 0 aliphatic heterocycles. The Bertz CT molecular complexity index is 263. The van der Waals surface area contributed by atoms with Gasteiger partial charge in [-0.1, -0.05) is 49.6 Å². The molecule has 0 atom stereocenters. The summed E-state index contributed by atoms with van der Waals surface area (Å²) < 4.78 is 0. The number of benzene rings is 1. The van der Waals surface area contributed by atoms with Crippen LogP contribution in [0.5, 0.6) is 0 Å². The smallest absolute Gasteiger partial charge is 0.00490 e. The number of aryl methyl sites for hydroxylation is 2. The molecule has 0 bridgehead atoms. The number of nitrogens with one attached hydrogen (secondary N) is 1. The van der Waals surface area contributed by atoms with Crippen molar-refractivity contribution in [1.82, 2.24) is 5.32 Å². The topological polar surface area (TPSA) is 12.0 Å². The van der Waals surface area contributed by atoms with Gasteiger partial charge >= 0.3 is 0 Å². The fraction of sp³-hybridized carbons (Fsp3) is 0.600. The molecular formula is C15H25N. The summed E-state index contributed by atoms with van der Waals surface area (Å²) in [5.41, 5.74) is 2.84. The van der Waals surface area contributed by atoms with Crippen molar-refractivity contribution in [2.24, 2.45) is 0 Å². The maximum absolute atomic E-state index is 3.36. The number of hydrogen-bond acceptors (Lipinski definition) is 1. The second kappa shape index (κ2) is 8.35. The molecule has 1 nitrogen and oxygen atoms in total. The first kappa shape index (κ1) is 13.2. The van der Waals surface area contributed by atoms with Gasteiger partial charge in [-0.2, -0.15) is 0 Å². The molecule has 0 unspecified atom stereocenters. The molecule has 0 heterocycles. The van der Waals surface area contributed by atoms with Crippen LogP contribution in [0.2, 0.25) is 0 Å². The fourth-order valence-electron chi connectivity index (χ4n) is 1.86. The standard InChI is InChI=1S/C15H25N/c1-3-16-13-7-5-4-6-8-15-11-9-14(2)10-12-15/h9-12,16H,3-8,13H2,1-2H3. The molecule has 1 aromatic carbocycles. The molecule has 16 heavy (non-hydrogen) atoms. The van der Waals surface area contributed by atoms with Crippen molar-refractivity contribution in [3.8, 4) is 0 Å². The molecule has 0 aliphatic rings. The summed E-state index contributed by atoms with van der Waals surface area (Å²) in [5.74, 6) is 0. The average Bonchev–Trinajstić information content (AvgIpc) is 2.30. The minimum atomic E-state index is 1.10. The average molecular weight is 219 g/mol. The van der Waals surface area contributed by atoms with Crippen LogP contribution in [0.15, 0.2) is 24.3 Å². The van der Waals surface area contributed by atoms with E-state index in [-0.39, 0.29) is 0 Å². The van der Waals surface area contributed by atoms with Gasteiger partial charge in [0, 0.05) is 0 Å². The molecule has 0 saturated heterocycles. The maximum Gasteiger partial charge on any atom is -0.00490 e. The van der Waals surface area contributed by atoms with E-state index in [2.05, 4.69) is 43.4 Å². The van der Waals surface area contributed by atoms with Gasteiger partial charge in [-0.05, 0) is 44.8 Å². The van der Waals surface area contributed by atoms with Gasteiger partial charge in [-0.15, -0.1) is 0 Å². The Kier molecular flexibility index (Phi) is 6.91. The monoisotopic (exact) mass is 219 g/mol. The molecule has 0 amide bonds. The molecule has 0 fully saturated rings. The normalized spacial score (nSPS) is 10.6. The molecule has 0 aromatic heterocycles. The van der Waals surface area contributed by atoms with Gasteiger partial charge < -0.3 is 5.32 Å². The lowest BCUT2D eigenvalue weighted by Gasteiger charge is -2.03. The van der Waals surface area contributed by atoms with E-state index >= 15 is 0 Å². The lowest BCUT2D eigenvalue weighted by atomic mass is 10.0. The summed E-state index contributed by atoms with van der Waals surface area (Å²) in [6.45, 7) is 6.59. The molecule has 1 rings (SSSR count). The highest BCUT2D eigenvalue weighted by Gasteiger charge is 1.93. The van der Waals surface area contributed by atoms with Gasteiger partial charge in [0.1, 0.15) is 0 Å². The molecule has 1 aromatic rings. The third-order valence-electron chi connectivity index (χ3n) is 2.94. The summed E-state index contributed by atoms with van der Waals surface area (Å²) in [4.78, 5) is 0. The third-order valence-corrected chi connectivity index (χ3v) is 2.94. The van der Waals surface area contributed by atoms with Gasteiger partial charge in [-0.3, -0.25) is 0 Å². The van der Waals surface area contributed by atoms with E-state index in [9.17, 15) is 0 Å². The molecular weight excluding hydrogens is 194 g/mol. The van der Waals surface area contributed by atoms with Crippen LogP contribution in [-0.2, 0) is 6.42 Å². The van der Waals surface area contributed by atoms with Crippen LogP contribution < -0.4 is 5.32 Å². The molecule has 0 radical (unpaired) electrons. The molecule has 0 aliphatic carbocycles. The van der Waals surface area contributed by atoms with Crippen molar-refractivity contribution in [2.75, 3.05) is 13.1 Å². The van der Waals surface area contributed by atoms with Gasteiger partial charge in [0.25, 0.3) is 0 Å². The van der Waals surface area contributed by atoms with Crippen molar-refractivity contribution >= 4 is 0 Å². The zero-order chi connectivity index (χ0) is 11.6. The highest BCUT2D eigenvalue weighted by atomic mass is 14.8. The minimum Gasteiger partial charge on any atom is -0.317 e. The minimum absolute atomic E-state index is 1.10. The molecule has 90 valence electrons. The van der Waals surface area contributed by atoms with Crippen molar-refractivity contribution < 1.29 is 0 Å². The Morgan fingerprint density at radius 3 is 2.31 bits per heavy atom. The van der Waals surface area contributed by atoms with Crippen molar-refractivity contribution in [3.05, 3.63) is 35.4 Å².